The van der Waals surface area contributed by atoms with Crippen LogP contribution >= 0.6 is 0 Å². The topological polar surface area (TPSA) is 17.1 Å². The van der Waals surface area contributed by atoms with Crippen LogP contribution in [0.15, 0.2) is 24.3 Å². The molecule has 0 spiro atoms. The summed E-state index contributed by atoms with van der Waals surface area (Å²) in [5, 5.41) is 0. The molecule has 1 nitrogen and oxygen atoms in total. The molecular weight excluding hydrogens is 136 g/mol. The minimum atomic E-state index is 0.526. The van der Waals surface area contributed by atoms with E-state index in [0.29, 0.717) is 6.42 Å². The van der Waals surface area contributed by atoms with Crippen LogP contribution in [-0.4, -0.2) is 6.29 Å². The molecule has 0 N–H and O–H groups in total. The number of aldehydes is 1. The molecule has 62 valence electrons. The van der Waals surface area contributed by atoms with Gasteiger partial charge in [-0.25, -0.2) is 0 Å². The van der Waals surface area contributed by atoms with E-state index in [1.165, 1.54) is 12.8 Å². The highest BCUT2D eigenvalue weighted by Crippen LogP contribution is 1.94. The van der Waals surface area contributed by atoms with Crippen LogP contribution in [0.1, 0.15) is 32.6 Å². The van der Waals surface area contributed by atoms with Gasteiger partial charge in [0.1, 0.15) is 6.29 Å². The van der Waals surface area contributed by atoms with E-state index in [1.807, 2.05) is 18.2 Å². The molecule has 0 saturated heterocycles. The van der Waals surface area contributed by atoms with E-state index in [2.05, 4.69) is 13.0 Å². The van der Waals surface area contributed by atoms with Crippen LogP contribution in [-0.2, 0) is 4.79 Å². The highest BCUT2D eigenvalue weighted by atomic mass is 16.1. The fourth-order valence-corrected chi connectivity index (χ4v) is 0.709. The Labute approximate surface area is 68.8 Å². The van der Waals surface area contributed by atoms with Gasteiger partial charge in [-0.1, -0.05) is 44.1 Å². The number of carbonyl (C=O) groups excluding carboxylic acids is 1. The third-order valence-electron chi connectivity index (χ3n) is 1.34. The van der Waals surface area contributed by atoms with E-state index < -0.39 is 0 Å². The third kappa shape index (κ3) is 9.15. The van der Waals surface area contributed by atoms with Crippen LogP contribution in [0.4, 0.5) is 0 Å². The first kappa shape index (κ1) is 10.2. The molecule has 0 saturated carbocycles. The van der Waals surface area contributed by atoms with Crippen molar-refractivity contribution in [3.8, 4) is 0 Å². The second kappa shape index (κ2) is 9.15. The van der Waals surface area contributed by atoms with Crippen molar-refractivity contribution in [3.05, 3.63) is 24.3 Å². The molecule has 0 radical (unpaired) electrons. The molecule has 0 aliphatic carbocycles. The van der Waals surface area contributed by atoms with Crippen molar-refractivity contribution in [1.29, 1.82) is 0 Å². The second-order valence-electron chi connectivity index (χ2n) is 2.40. The monoisotopic (exact) mass is 152 g/mol. The van der Waals surface area contributed by atoms with Crippen molar-refractivity contribution in [3.63, 3.8) is 0 Å². The number of carbonyl (C=O) groups is 1. The lowest BCUT2D eigenvalue weighted by atomic mass is 10.2. The van der Waals surface area contributed by atoms with Crippen LogP contribution in [0.3, 0.4) is 0 Å². The van der Waals surface area contributed by atoms with Gasteiger partial charge in [0.2, 0.25) is 0 Å². The number of hydrogen-bond acceptors (Lipinski definition) is 1. The Hall–Kier alpha value is -0.850. The summed E-state index contributed by atoms with van der Waals surface area (Å²) in [6.07, 6.45) is 13.0. The van der Waals surface area contributed by atoms with Crippen molar-refractivity contribution in [2.45, 2.75) is 32.6 Å². The maximum atomic E-state index is 9.86. The zero-order chi connectivity index (χ0) is 8.36. The fourth-order valence-electron chi connectivity index (χ4n) is 0.709. The molecule has 0 unspecified atom stereocenters. The minimum absolute atomic E-state index is 0.526. The molecule has 0 bridgehead atoms. The Bertz CT molecular complexity index is 134. The van der Waals surface area contributed by atoms with Gasteiger partial charge in [-0.3, -0.25) is 0 Å². The molecular formula is C10H16O. The normalized spacial score (nSPS) is 11.4. The van der Waals surface area contributed by atoms with E-state index in [1.54, 1.807) is 0 Å². The van der Waals surface area contributed by atoms with Gasteiger partial charge in [-0.05, 0) is 6.42 Å². The Morgan fingerprint density at radius 1 is 1.18 bits per heavy atom. The molecule has 0 aromatic heterocycles. The first-order valence-electron chi connectivity index (χ1n) is 4.17. The molecule has 0 heterocycles. The summed E-state index contributed by atoms with van der Waals surface area (Å²) < 4.78 is 0. The van der Waals surface area contributed by atoms with Gasteiger partial charge in [0.15, 0.2) is 0 Å². The zero-order valence-electron chi connectivity index (χ0n) is 7.12. The summed E-state index contributed by atoms with van der Waals surface area (Å²) in [7, 11) is 0. The van der Waals surface area contributed by atoms with Crippen molar-refractivity contribution in [1.82, 2.24) is 0 Å². The van der Waals surface area contributed by atoms with Crippen LogP contribution in [0.25, 0.3) is 0 Å². The van der Waals surface area contributed by atoms with Crippen molar-refractivity contribution in [2.75, 3.05) is 0 Å². The molecule has 0 atom stereocenters. The summed E-state index contributed by atoms with van der Waals surface area (Å²) in [6.45, 7) is 2.18. The van der Waals surface area contributed by atoms with Crippen molar-refractivity contribution in [2.24, 2.45) is 0 Å². The zero-order valence-corrected chi connectivity index (χ0v) is 7.12. The summed E-state index contributed by atoms with van der Waals surface area (Å²) in [6, 6.07) is 0. The van der Waals surface area contributed by atoms with Gasteiger partial charge in [-0.15, -0.1) is 0 Å². The van der Waals surface area contributed by atoms with Gasteiger partial charge >= 0.3 is 0 Å². The third-order valence-corrected chi connectivity index (χ3v) is 1.34. The molecule has 0 aliphatic heterocycles. The average Bonchev–Trinajstić information content (AvgIpc) is 2.03. The molecule has 0 rings (SSSR count). The number of hydrogen-bond donors (Lipinski definition) is 0. The Balaban J connectivity index is 3.21. The summed E-state index contributed by atoms with van der Waals surface area (Å²) in [5.74, 6) is 0. The number of allylic oxidation sites excluding steroid dienone is 4. The first-order valence-corrected chi connectivity index (χ1v) is 4.17. The lowest BCUT2D eigenvalue weighted by Gasteiger charge is -1.85. The lowest BCUT2D eigenvalue weighted by Crippen LogP contribution is -1.66. The van der Waals surface area contributed by atoms with Crippen LogP contribution in [0.2, 0.25) is 0 Å². The molecule has 11 heavy (non-hydrogen) atoms. The second-order valence-corrected chi connectivity index (χ2v) is 2.40. The molecule has 0 aliphatic rings. The lowest BCUT2D eigenvalue weighted by molar-refractivity contribution is -0.107. The van der Waals surface area contributed by atoms with Crippen LogP contribution in [0.5, 0.6) is 0 Å². The predicted octanol–water partition coefficient (Wildman–Crippen LogP) is 2.88. The molecule has 0 fully saturated rings. The Kier molecular flexibility index (Phi) is 8.44. The molecule has 0 amide bonds. The van der Waals surface area contributed by atoms with E-state index in [0.717, 1.165) is 12.7 Å². The first-order chi connectivity index (χ1) is 5.41. The molecule has 0 aromatic carbocycles. The smallest absolute Gasteiger partial charge is 0.123 e. The maximum absolute atomic E-state index is 9.86. The Morgan fingerprint density at radius 3 is 2.55 bits per heavy atom. The van der Waals surface area contributed by atoms with Crippen LogP contribution in [0, 0.1) is 0 Å². The quantitative estimate of drug-likeness (QED) is 0.325. The maximum Gasteiger partial charge on any atom is 0.123 e. The number of rotatable bonds is 6. The summed E-state index contributed by atoms with van der Waals surface area (Å²) in [5.41, 5.74) is 0. The SMILES string of the molecule is CCCC/C=C/C=C/CC=O. The average molecular weight is 152 g/mol. The summed E-state index contributed by atoms with van der Waals surface area (Å²) >= 11 is 0. The molecule has 0 aromatic rings. The van der Waals surface area contributed by atoms with Crippen molar-refractivity contribution >= 4 is 6.29 Å². The standard InChI is InChI=1S/C10H16O/c1-2-3-4-5-6-7-8-9-10-11/h5-8,10H,2-4,9H2,1H3/b6-5+,8-7+. The highest BCUT2D eigenvalue weighted by molar-refractivity contribution is 5.52. The summed E-state index contributed by atoms with van der Waals surface area (Å²) in [4.78, 5) is 9.86. The Morgan fingerprint density at radius 2 is 1.91 bits per heavy atom. The fraction of sp³-hybridized carbons (Fsp3) is 0.500. The predicted molar refractivity (Wildman–Crippen MR) is 48.5 cm³/mol. The van der Waals surface area contributed by atoms with Crippen LogP contribution < -0.4 is 0 Å². The van der Waals surface area contributed by atoms with E-state index in [4.69, 9.17) is 0 Å². The van der Waals surface area contributed by atoms with E-state index in [9.17, 15) is 4.79 Å². The highest BCUT2D eigenvalue weighted by Gasteiger charge is 1.75. The van der Waals surface area contributed by atoms with Gasteiger partial charge in [0.05, 0.1) is 0 Å². The van der Waals surface area contributed by atoms with Gasteiger partial charge in [0, 0.05) is 6.42 Å². The molecule has 1 heteroatoms. The van der Waals surface area contributed by atoms with Crippen molar-refractivity contribution < 1.29 is 4.79 Å². The largest absolute Gasteiger partial charge is 0.303 e. The van der Waals surface area contributed by atoms with Gasteiger partial charge in [0.25, 0.3) is 0 Å². The van der Waals surface area contributed by atoms with Gasteiger partial charge < -0.3 is 4.79 Å². The van der Waals surface area contributed by atoms with Gasteiger partial charge in [-0.2, -0.15) is 0 Å². The van der Waals surface area contributed by atoms with E-state index >= 15 is 0 Å². The minimum Gasteiger partial charge on any atom is -0.303 e. The van der Waals surface area contributed by atoms with E-state index in [-0.39, 0.29) is 0 Å². The number of unbranched alkanes of at least 4 members (excludes halogenated alkanes) is 2.